The first-order valence-corrected chi connectivity index (χ1v) is 18.7. The molecular weight excluding hydrogens is 706 g/mol. The number of methoxy groups -OCH3 is 1. The molecule has 2 fully saturated rings. The molecule has 0 spiro atoms. The van der Waals surface area contributed by atoms with Crippen LogP contribution in [-0.4, -0.2) is 72.6 Å². The second-order valence-corrected chi connectivity index (χ2v) is 14.5. The zero-order chi connectivity index (χ0) is 36.6. The van der Waals surface area contributed by atoms with E-state index in [1.54, 1.807) is 7.11 Å². The van der Waals surface area contributed by atoms with Crippen LogP contribution in [0.5, 0.6) is 5.75 Å². The molecule has 2 aliphatic rings. The van der Waals surface area contributed by atoms with Crippen molar-refractivity contribution in [3.8, 4) is 28.0 Å². The molecule has 9 nitrogen and oxygen atoms in total. The number of benzene rings is 4. The minimum absolute atomic E-state index is 0.0143. The number of piperidine rings is 1. The van der Waals surface area contributed by atoms with E-state index < -0.39 is 0 Å². The number of halogens is 2. The van der Waals surface area contributed by atoms with Crippen LogP contribution < -0.4 is 20.3 Å². The number of aromatic amines is 1. The molecule has 4 heterocycles. The fourth-order valence-electron chi connectivity index (χ4n) is 7.83. The number of amides is 3. The van der Waals surface area contributed by atoms with Crippen molar-refractivity contribution in [1.29, 1.82) is 0 Å². The van der Waals surface area contributed by atoms with Crippen molar-refractivity contribution in [3.63, 3.8) is 0 Å². The number of carbonyl (C=O) groups is 2. The van der Waals surface area contributed by atoms with Gasteiger partial charge in [0.05, 0.1) is 0 Å². The number of anilines is 2. The van der Waals surface area contributed by atoms with E-state index in [1.165, 1.54) is 0 Å². The van der Waals surface area contributed by atoms with E-state index in [0.717, 1.165) is 76.9 Å². The fraction of sp³-hybridized carbons (Fsp3) is 0.244. The Kier molecular flexibility index (Phi) is 9.66. The van der Waals surface area contributed by atoms with Crippen LogP contribution in [0.1, 0.15) is 41.9 Å². The molecule has 0 bridgehead atoms. The third kappa shape index (κ3) is 6.77. The summed E-state index contributed by atoms with van der Waals surface area (Å²) in [7, 11) is 1.62. The summed E-state index contributed by atoms with van der Waals surface area (Å²) >= 11 is 12.8. The van der Waals surface area contributed by atoms with Crippen LogP contribution in [-0.2, 0) is 0 Å². The minimum atomic E-state index is -0.295. The number of hydrogen-bond donors (Lipinski definition) is 3. The number of ether oxygens (including phenoxy) is 1. The molecule has 53 heavy (non-hydrogen) atoms. The first kappa shape index (κ1) is 34.9. The molecule has 2 saturated heterocycles. The van der Waals surface area contributed by atoms with Crippen molar-refractivity contribution in [3.05, 3.63) is 118 Å². The van der Waals surface area contributed by atoms with Crippen molar-refractivity contribution >= 4 is 64.3 Å². The van der Waals surface area contributed by atoms with Crippen molar-refractivity contribution < 1.29 is 14.3 Å². The zero-order valence-corrected chi connectivity index (χ0v) is 31.0. The number of nitrogens with zero attached hydrogens (tertiary/aromatic N) is 3. The Balaban J connectivity index is 1.21. The van der Waals surface area contributed by atoms with Crippen LogP contribution in [0.3, 0.4) is 0 Å². The van der Waals surface area contributed by atoms with Crippen LogP contribution in [0.4, 0.5) is 16.2 Å². The van der Waals surface area contributed by atoms with Crippen LogP contribution in [0.25, 0.3) is 33.2 Å². The number of nitrogens with one attached hydrogen (secondary N) is 3. The van der Waals surface area contributed by atoms with Gasteiger partial charge < -0.3 is 10.2 Å². The summed E-state index contributed by atoms with van der Waals surface area (Å²) in [6.45, 7) is 7.18. The number of urea groups is 1. The Morgan fingerprint density at radius 3 is 2.42 bits per heavy atom. The second-order valence-electron chi connectivity index (χ2n) is 13.6. The van der Waals surface area contributed by atoms with Gasteiger partial charge in [0.1, 0.15) is 0 Å². The topological polar surface area (TPSA) is 94.6 Å². The van der Waals surface area contributed by atoms with Crippen molar-refractivity contribution in [2.45, 2.75) is 31.8 Å². The maximum atomic E-state index is 14.8. The number of rotatable bonds is 9. The average molecular weight is 746 g/mol. The third-order valence-corrected chi connectivity index (χ3v) is 11.1. The van der Waals surface area contributed by atoms with Gasteiger partial charge in [0.15, 0.2) is 0 Å². The van der Waals surface area contributed by atoms with E-state index in [2.05, 4.69) is 57.1 Å². The standard InChI is InChI=1S/C41H39BCl2N6O3/c1-25(26-8-10-28(43)11-9-26)50-24-42-37(27-6-4-3-5-7-27)39(50)36-32-14-12-29(44)22-33(32)46-38(36)40(51)47-34-23-31(53-2)13-15-35(34)48-19-16-30(17-20-48)49-21-18-45-41(49)52/h3-15,22-25,30,46H,16-21H2,1-2H3,(H,45,52)(H,47,51). The molecular formula is C41H39BCl2N6O3. The second kappa shape index (κ2) is 14.7. The number of carbonyl (C=O) groups excluding carboxylic acids is 2. The van der Waals surface area contributed by atoms with Crippen molar-refractivity contribution in [2.24, 2.45) is 0 Å². The maximum absolute atomic E-state index is 14.8. The van der Waals surface area contributed by atoms with Crippen LogP contribution in [0.15, 0.2) is 97.1 Å². The van der Waals surface area contributed by atoms with Gasteiger partial charge in [-0.1, -0.05) is 0 Å². The molecule has 3 N–H and O–H groups in total. The van der Waals surface area contributed by atoms with Gasteiger partial charge in [0, 0.05) is 13.1 Å². The Labute approximate surface area is 319 Å². The fourth-order valence-corrected chi connectivity index (χ4v) is 8.13. The summed E-state index contributed by atoms with van der Waals surface area (Å²) in [6.07, 6.45) is 3.76. The molecule has 6 aromatic rings. The first-order valence-electron chi connectivity index (χ1n) is 17.9. The molecule has 268 valence electrons. The Morgan fingerprint density at radius 1 is 0.943 bits per heavy atom. The molecule has 3 amide bonds. The van der Waals surface area contributed by atoms with Crippen LogP contribution in [0.2, 0.25) is 10.0 Å². The molecule has 0 radical (unpaired) electrons. The third-order valence-electron chi connectivity index (χ3n) is 10.6. The summed E-state index contributed by atoms with van der Waals surface area (Å²) in [5.74, 6) is 0.338. The average Bonchev–Trinajstić information content (AvgIpc) is 3.91. The summed E-state index contributed by atoms with van der Waals surface area (Å²) in [4.78, 5) is 34.9. The molecule has 0 aliphatic carbocycles. The van der Waals surface area contributed by atoms with Gasteiger partial charge in [-0.15, -0.1) is 0 Å². The monoisotopic (exact) mass is 744 g/mol. The number of H-pyrrole nitrogens is 1. The summed E-state index contributed by atoms with van der Waals surface area (Å²) in [5, 5.41) is 8.31. The van der Waals surface area contributed by atoms with Crippen LogP contribution in [0, 0.1) is 0 Å². The predicted octanol–water partition coefficient (Wildman–Crippen LogP) is 8.81. The predicted molar refractivity (Wildman–Crippen MR) is 215 cm³/mol. The van der Waals surface area contributed by atoms with E-state index in [0.29, 0.717) is 33.7 Å². The first-order chi connectivity index (χ1) is 25.8. The molecule has 1 atom stereocenters. The summed E-state index contributed by atoms with van der Waals surface area (Å²) < 4.78 is 7.85. The van der Waals surface area contributed by atoms with E-state index in [4.69, 9.17) is 27.9 Å². The molecule has 12 heteroatoms. The van der Waals surface area contributed by atoms with Crippen LogP contribution >= 0.6 is 23.2 Å². The van der Waals surface area contributed by atoms with Gasteiger partial charge in [-0.2, -0.15) is 0 Å². The molecule has 8 rings (SSSR count). The van der Waals surface area contributed by atoms with Gasteiger partial charge in [-0.25, -0.2) is 4.79 Å². The molecule has 2 aliphatic heterocycles. The van der Waals surface area contributed by atoms with Gasteiger partial charge in [-0.3, -0.25) is 0 Å². The number of fused-ring (bicyclic) bond motifs is 1. The van der Waals surface area contributed by atoms with Gasteiger partial charge in [0.25, 0.3) is 0 Å². The quantitative estimate of drug-likeness (QED) is 0.138. The van der Waals surface area contributed by atoms with Crippen molar-refractivity contribution in [1.82, 2.24) is 19.8 Å². The Bertz CT molecular complexity index is 2300. The van der Waals surface area contributed by atoms with Gasteiger partial charge in [0.2, 0.25) is 0 Å². The molecule has 4 aromatic carbocycles. The molecule has 0 saturated carbocycles. The molecule has 2 aromatic heterocycles. The van der Waals surface area contributed by atoms with Gasteiger partial charge in [-0.05, 0) is 0 Å². The van der Waals surface area contributed by atoms with Gasteiger partial charge >= 0.3 is 292 Å². The SMILES string of the molecule is COc1ccc(N2CCC(N3CCNC3=O)CC2)c(NC(=O)c2[nH]c3cc(Cl)ccc3c2-c2c(-c3ccccc3)bcn2C(C)c2ccc(Cl)cc2)c1. The van der Waals surface area contributed by atoms with E-state index in [9.17, 15) is 9.59 Å². The Morgan fingerprint density at radius 2 is 1.70 bits per heavy atom. The van der Waals surface area contributed by atoms with E-state index >= 15 is 0 Å². The zero-order valence-electron chi connectivity index (χ0n) is 29.5. The number of hydrogen-bond acceptors (Lipinski definition) is 4. The summed E-state index contributed by atoms with van der Waals surface area (Å²) in [6, 6.07) is 29.7. The normalized spacial score (nSPS) is 15.4. The van der Waals surface area contributed by atoms with E-state index in [1.807, 2.05) is 83.8 Å². The van der Waals surface area contributed by atoms with E-state index in [-0.39, 0.29) is 24.0 Å². The van der Waals surface area contributed by atoms with Crippen molar-refractivity contribution in [2.75, 3.05) is 43.5 Å². The summed E-state index contributed by atoms with van der Waals surface area (Å²) in [5.41, 5.74) is 7.48. The Hall–Kier alpha value is -5.19. The number of aromatic nitrogens is 2. The molecule has 1 unspecified atom stereocenters.